The highest BCUT2D eigenvalue weighted by Gasteiger charge is 2.09. The molecule has 1 aromatic rings. The molecule has 1 aromatic carbocycles. The normalized spacial score (nSPS) is 9.75. The molecule has 20 heavy (non-hydrogen) atoms. The molecule has 3 amide bonds. The molecule has 0 aliphatic rings. The van der Waals surface area contributed by atoms with Crippen LogP contribution in [0.15, 0.2) is 18.2 Å². The van der Waals surface area contributed by atoms with E-state index in [1.54, 1.807) is 0 Å². The van der Waals surface area contributed by atoms with Crippen LogP contribution in [-0.2, 0) is 14.4 Å². The molecular weight excluding hydrogens is 267 g/mol. The average Bonchev–Trinajstić information content (AvgIpc) is 2.39. The summed E-state index contributed by atoms with van der Waals surface area (Å²) in [6.07, 6.45) is 0. The van der Waals surface area contributed by atoms with E-state index in [0.29, 0.717) is 5.69 Å². The summed E-state index contributed by atoms with van der Waals surface area (Å²) >= 11 is 0. The predicted molar refractivity (Wildman–Crippen MR) is 71.4 cm³/mol. The van der Waals surface area contributed by atoms with Crippen LogP contribution in [0.1, 0.15) is 6.92 Å². The van der Waals surface area contributed by atoms with Gasteiger partial charge in [0.25, 0.3) is 0 Å². The lowest BCUT2D eigenvalue weighted by molar-refractivity contribution is -0.123. The number of benzene rings is 1. The van der Waals surface area contributed by atoms with Crippen LogP contribution in [0, 0.1) is 5.82 Å². The second-order valence-electron chi connectivity index (χ2n) is 3.90. The van der Waals surface area contributed by atoms with E-state index in [1.165, 1.54) is 19.1 Å². The summed E-state index contributed by atoms with van der Waals surface area (Å²) in [6.45, 7) is 0.753. The Kier molecular flexibility index (Phi) is 5.60. The minimum absolute atomic E-state index is 0.0942. The molecular formula is C12H15FN4O3. The minimum Gasteiger partial charge on any atom is -0.346 e. The van der Waals surface area contributed by atoms with Crippen LogP contribution in [-0.4, -0.2) is 30.8 Å². The molecule has 0 bridgehead atoms. The molecule has 0 radical (unpaired) electrons. The Bertz CT molecular complexity index is 533. The van der Waals surface area contributed by atoms with Crippen LogP contribution in [0.3, 0.4) is 0 Å². The van der Waals surface area contributed by atoms with E-state index in [4.69, 9.17) is 5.73 Å². The van der Waals surface area contributed by atoms with Crippen molar-refractivity contribution in [3.63, 3.8) is 0 Å². The summed E-state index contributed by atoms with van der Waals surface area (Å²) in [7, 11) is 0. The summed E-state index contributed by atoms with van der Waals surface area (Å²) in [5, 5.41) is 6.99. The van der Waals surface area contributed by atoms with Gasteiger partial charge in [0, 0.05) is 12.6 Å². The number of halogens is 1. The van der Waals surface area contributed by atoms with Gasteiger partial charge in [-0.3, -0.25) is 14.4 Å². The monoisotopic (exact) mass is 282 g/mol. The number of anilines is 2. The SMILES string of the molecule is CC(=O)Nc1ccc(F)c(NC(=O)CNC(=O)CN)c1. The number of carbonyl (C=O) groups excluding carboxylic acids is 3. The highest BCUT2D eigenvalue weighted by molar-refractivity contribution is 5.96. The quantitative estimate of drug-likeness (QED) is 0.598. The van der Waals surface area contributed by atoms with Crippen LogP contribution in [0.2, 0.25) is 0 Å². The van der Waals surface area contributed by atoms with Crippen LogP contribution >= 0.6 is 0 Å². The molecule has 0 fully saturated rings. The zero-order chi connectivity index (χ0) is 15.1. The van der Waals surface area contributed by atoms with E-state index in [1.807, 2.05) is 0 Å². The summed E-state index contributed by atoms with van der Waals surface area (Å²) in [5.74, 6) is -2.07. The maximum atomic E-state index is 13.5. The summed E-state index contributed by atoms with van der Waals surface area (Å²) in [4.78, 5) is 33.3. The van der Waals surface area contributed by atoms with Crippen LogP contribution in [0.25, 0.3) is 0 Å². The Morgan fingerprint density at radius 3 is 2.50 bits per heavy atom. The van der Waals surface area contributed by atoms with Gasteiger partial charge in [0.2, 0.25) is 17.7 Å². The third-order valence-electron chi connectivity index (χ3n) is 2.19. The molecule has 8 heteroatoms. The first-order chi connectivity index (χ1) is 9.42. The first kappa shape index (κ1) is 15.6. The number of hydrogen-bond acceptors (Lipinski definition) is 4. The van der Waals surface area contributed by atoms with Gasteiger partial charge in [0.05, 0.1) is 18.8 Å². The number of nitrogens with one attached hydrogen (secondary N) is 3. The van der Waals surface area contributed by atoms with E-state index >= 15 is 0 Å². The minimum atomic E-state index is -0.655. The van der Waals surface area contributed by atoms with Crippen molar-refractivity contribution in [1.82, 2.24) is 5.32 Å². The number of carbonyl (C=O) groups is 3. The Morgan fingerprint density at radius 2 is 1.90 bits per heavy atom. The van der Waals surface area contributed by atoms with Crippen molar-refractivity contribution in [3.8, 4) is 0 Å². The topological polar surface area (TPSA) is 113 Å². The number of rotatable bonds is 5. The molecule has 0 aliphatic carbocycles. The van der Waals surface area contributed by atoms with Gasteiger partial charge in [-0.05, 0) is 18.2 Å². The van der Waals surface area contributed by atoms with E-state index in [0.717, 1.165) is 6.07 Å². The highest BCUT2D eigenvalue weighted by Crippen LogP contribution is 2.19. The van der Waals surface area contributed by atoms with Gasteiger partial charge in [-0.25, -0.2) is 4.39 Å². The van der Waals surface area contributed by atoms with E-state index in [-0.39, 0.29) is 24.7 Å². The Balaban J connectivity index is 2.68. The molecule has 0 aliphatic heterocycles. The third-order valence-corrected chi connectivity index (χ3v) is 2.19. The number of nitrogens with two attached hydrogens (primary N) is 1. The molecule has 0 unspecified atom stereocenters. The van der Waals surface area contributed by atoms with Gasteiger partial charge in [0.1, 0.15) is 5.82 Å². The lowest BCUT2D eigenvalue weighted by Gasteiger charge is -2.09. The molecule has 0 atom stereocenters. The van der Waals surface area contributed by atoms with Gasteiger partial charge in [-0.2, -0.15) is 0 Å². The van der Waals surface area contributed by atoms with Gasteiger partial charge < -0.3 is 21.7 Å². The van der Waals surface area contributed by atoms with Crippen molar-refractivity contribution < 1.29 is 18.8 Å². The first-order valence-corrected chi connectivity index (χ1v) is 5.76. The fourth-order valence-corrected chi connectivity index (χ4v) is 1.35. The standard InChI is InChI=1S/C12H15FN4O3/c1-7(18)16-8-2-3-9(13)10(4-8)17-12(20)6-15-11(19)5-14/h2-4H,5-6,14H2,1H3,(H,15,19)(H,16,18)(H,17,20). The molecule has 7 nitrogen and oxygen atoms in total. The molecule has 0 saturated heterocycles. The fourth-order valence-electron chi connectivity index (χ4n) is 1.35. The van der Waals surface area contributed by atoms with Gasteiger partial charge in [-0.15, -0.1) is 0 Å². The summed E-state index contributed by atoms with van der Waals surface area (Å²) < 4.78 is 13.5. The lowest BCUT2D eigenvalue weighted by Crippen LogP contribution is -2.36. The van der Waals surface area contributed by atoms with E-state index in [2.05, 4.69) is 16.0 Å². The van der Waals surface area contributed by atoms with Crippen molar-refractivity contribution >= 4 is 29.1 Å². The Hall–Kier alpha value is -2.48. The largest absolute Gasteiger partial charge is 0.346 e. The van der Waals surface area contributed by atoms with Crippen molar-refractivity contribution in [2.75, 3.05) is 23.7 Å². The van der Waals surface area contributed by atoms with Crippen LogP contribution < -0.4 is 21.7 Å². The summed E-state index contributed by atoms with van der Waals surface area (Å²) in [6, 6.07) is 3.75. The number of hydrogen-bond donors (Lipinski definition) is 4. The molecule has 0 aromatic heterocycles. The molecule has 108 valence electrons. The summed E-state index contributed by atoms with van der Waals surface area (Å²) in [5.41, 5.74) is 5.31. The maximum Gasteiger partial charge on any atom is 0.243 e. The van der Waals surface area contributed by atoms with Crippen LogP contribution in [0.5, 0.6) is 0 Å². The fraction of sp³-hybridized carbons (Fsp3) is 0.250. The molecule has 1 rings (SSSR count). The van der Waals surface area contributed by atoms with Crippen molar-refractivity contribution in [3.05, 3.63) is 24.0 Å². The number of amides is 3. The smallest absolute Gasteiger partial charge is 0.243 e. The molecule has 0 saturated carbocycles. The van der Waals surface area contributed by atoms with Gasteiger partial charge >= 0.3 is 0 Å². The molecule has 5 N–H and O–H groups in total. The second kappa shape index (κ2) is 7.19. The predicted octanol–water partition coefficient (Wildman–Crippen LogP) is -0.202. The highest BCUT2D eigenvalue weighted by atomic mass is 19.1. The van der Waals surface area contributed by atoms with Crippen LogP contribution in [0.4, 0.5) is 15.8 Å². The van der Waals surface area contributed by atoms with E-state index in [9.17, 15) is 18.8 Å². The van der Waals surface area contributed by atoms with Crippen molar-refractivity contribution in [2.24, 2.45) is 5.73 Å². The second-order valence-corrected chi connectivity index (χ2v) is 3.90. The Morgan fingerprint density at radius 1 is 1.20 bits per heavy atom. The van der Waals surface area contributed by atoms with Gasteiger partial charge in [-0.1, -0.05) is 0 Å². The first-order valence-electron chi connectivity index (χ1n) is 5.76. The molecule has 0 heterocycles. The maximum absolute atomic E-state index is 13.5. The Labute approximate surface area is 114 Å². The third kappa shape index (κ3) is 5.02. The van der Waals surface area contributed by atoms with Gasteiger partial charge in [0.15, 0.2) is 0 Å². The molecule has 0 spiro atoms. The van der Waals surface area contributed by atoms with Crippen molar-refractivity contribution in [2.45, 2.75) is 6.92 Å². The zero-order valence-corrected chi connectivity index (χ0v) is 10.8. The van der Waals surface area contributed by atoms with E-state index < -0.39 is 17.6 Å². The average molecular weight is 282 g/mol. The van der Waals surface area contributed by atoms with Crippen molar-refractivity contribution in [1.29, 1.82) is 0 Å². The lowest BCUT2D eigenvalue weighted by atomic mass is 10.2. The zero-order valence-electron chi connectivity index (χ0n) is 10.8.